The van der Waals surface area contributed by atoms with Gasteiger partial charge in [-0.3, -0.25) is 0 Å². The number of benzene rings is 1. The first kappa shape index (κ1) is 11.2. The average Bonchev–Trinajstić information content (AvgIpc) is 2.17. The van der Waals surface area contributed by atoms with Crippen molar-refractivity contribution < 1.29 is 10.2 Å². The zero-order valence-electron chi connectivity index (χ0n) is 8.35. The van der Waals surface area contributed by atoms with E-state index in [9.17, 15) is 5.11 Å². The van der Waals surface area contributed by atoms with Gasteiger partial charge in [-0.05, 0) is 18.9 Å². The molecule has 0 saturated carbocycles. The molecule has 0 aliphatic rings. The average molecular weight is 195 g/mol. The highest BCUT2D eigenvalue weighted by atomic mass is 16.3. The fourth-order valence-corrected chi connectivity index (χ4v) is 1.37. The Balaban J connectivity index is 2.64. The van der Waals surface area contributed by atoms with Crippen LogP contribution in [0.15, 0.2) is 24.3 Å². The minimum Gasteiger partial charge on any atom is -0.395 e. The minimum atomic E-state index is -0.586. The van der Waals surface area contributed by atoms with Crippen LogP contribution in [0.25, 0.3) is 0 Å². The quantitative estimate of drug-likeness (QED) is 0.663. The molecule has 1 aromatic carbocycles. The number of aliphatic hydroxyl groups excluding tert-OH is 2. The second-order valence-electron chi connectivity index (χ2n) is 3.61. The fourth-order valence-electron chi connectivity index (χ4n) is 1.37. The van der Waals surface area contributed by atoms with Crippen molar-refractivity contribution >= 4 is 0 Å². The van der Waals surface area contributed by atoms with Gasteiger partial charge in [0.25, 0.3) is 0 Å². The summed E-state index contributed by atoms with van der Waals surface area (Å²) >= 11 is 0. The van der Waals surface area contributed by atoms with Crippen molar-refractivity contribution in [3.63, 3.8) is 0 Å². The van der Waals surface area contributed by atoms with Gasteiger partial charge in [0.2, 0.25) is 0 Å². The van der Waals surface area contributed by atoms with Gasteiger partial charge in [0.1, 0.15) is 0 Å². The highest BCUT2D eigenvalue weighted by molar-refractivity contribution is 5.24. The molecule has 0 saturated heterocycles. The summed E-state index contributed by atoms with van der Waals surface area (Å²) in [6.07, 6.45) is -0.197. The monoisotopic (exact) mass is 195 g/mol. The number of hydrogen-bond acceptors (Lipinski definition) is 3. The summed E-state index contributed by atoms with van der Waals surface area (Å²) < 4.78 is 0. The topological polar surface area (TPSA) is 66.5 Å². The molecule has 0 heterocycles. The molecule has 0 aliphatic carbocycles. The first-order valence-corrected chi connectivity index (χ1v) is 4.74. The van der Waals surface area contributed by atoms with Gasteiger partial charge < -0.3 is 15.9 Å². The molecular formula is C11H17NO2. The Morgan fingerprint density at radius 1 is 1.43 bits per heavy atom. The summed E-state index contributed by atoms with van der Waals surface area (Å²) in [5, 5.41) is 18.5. The van der Waals surface area contributed by atoms with E-state index in [1.807, 2.05) is 31.2 Å². The third kappa shape index (κ3) is 3.10. The first-order chi connectivity index (χ1) is 6.63. The van der Waals surface area contributed by atoms with Crippen LogP contribution in [0.5, 0.6) is 0 Å². The van der Waals surface area contributed by atoms with E-state index < -0.39 is 6.10 Å². The van der Waals surface area contributed by atoms with Crippen molar-refractivity contribution in [3.05, 3.63) is 35.4 Å². The maximum Gasteiger partial charge on any atom is 0.0805 e. The molecule has 3 heteroatoms. The van der Waals surface area contributed by atoms with Gasteiger partial charge in [-0.15, -0.1) is 0 Å². The van der Waals surface area contributed by atoms with Crippen LogP contribution < -0.4 is 5.73 Å². The second kappa shape index (κ2) is 5.10. The maximum atomic E-state index is 9.76. The predicted molar refractivity (Wildman–Crippen MR) is 55.8 cm³/mol. The van der Waals surface area contributed by atoms with Gasteiger partial charge in [0, 0.05) is 6.04 Å². The maximum absolute atomic E-state index is 9.76. The minimum absolute atomic E-state index is 0.0944. The Morgan fingerprint density at radius 2 is 2.14 bits per heavy atom. The molecular weight excluding hydrogens is 178 g/mol. The van der Waals surface area contributed by atoms with Crippen molar-refractivity contribution in [2.75, 3.05) is 6.61 Å². The van der Waals surface area contributed by atoms with Crippen LogP contribution in [-0.2, 0) is 0 Å². The lowest BCUT2D eigenvalue weighted by molar-refractivity contribution is 0.140. The molecule has 3 nitrogen and oxygen atoms in total. The van der Waals surface area contributed by atoms with Crippen LogP contribution in [0.2, 0.25) is 0 Å². The van der Waals surface area contributed by atoms with E-state index in [2.05, 4.69) is 0 Å². The van der Waals surface area contributed by atoms with E-state index in [1.54, 1.807) is 0 Å². The molecule has 78 valence electrons. The smallest absolute Gasteiger partial charge is 0.0805 e. The van der Waals surface area contributed by atoms with Crippen LogP contribution in [-0.4, -0.2) is 22.9 Å². The normalized spacial score (nSPS) is 15.1. The fraction of sp³-hybridized carbons (Fsp3) is 0.455. The van der Waals surface area contributed by atoms with E-state index in [4.69, 9.17) is 10.8 Å². The molecule has 2 atom stereocenters. The van der Waals surface area contributed by atoms with Crippen molar-refractivity contribution in [3.8, 4) is 0 Å². The van der Waals surface area contributed by atoms with Gasteiger partial charge >= 0.3 is 0 Å². The summed E-state index contributed by atoms with van der Waals surface area (Å²) in [5.41, 5.74) is 7.51. The Bertz CT molecular complexity index is 288. The lowest BCUT2D eigenvalue weighted by Crippen LogP contribution is -2.26. The second-order valence-corrected chi connectivity index (χ2v) is 3.61. The van der Waals surface area contributed by atoms with Gasteiger partial charge in [-0.1, -0.05) is 29.8 Å². The number of rotatable bonds is 4. The van der Waals surface area contributed by atoms with E-state index in [0.717, 1.165) is 11.1 Å². The SMILES string of the molecule is Cc1cccc([C@H](O)C[C@H](N)CO)c1. The zero-order chi connectivity index (χ0) is 10.6. The molecule has 4 N–H and O–H groups in total. The molecule has 0 aliphatic heterocycles. The summed E-state index contributed by atoms with van der Waals surface area (Å²) in [6, 6.07) is 7.31. The van der Waals surface area contributed by atoms with Gasteiger partial charge in [-0.2, -0.15) is 0 Å². The number of aryl methyl sites for hydroxylation is 1. The molecule has 0 radical (unpaired) electrons. The van der Waals surface area contributed by atoms with Crippen molar-refractivity contribution in [2.45, 2.75) is 25.5 Å². The Morgan fingerprint density at radius 3 is 2.71 bits per heavy atom. The molecule has 1 rings (SSSR count). The van der Waals surface area contributed by atoms with Crippen LogP contribution in [0.1, 0.15) is 23.7 Å². The van der Waals surface area contributed by atoms with E-state index in [0.29, 0.717) is 6.42 Å². The van der Waals surface area contributed by atoms with Crippen molar-refractivity contribution in [2.24, 2.45) is 5.73 Å². The van der Waals surface area contributed by atoms with Gasteiger partial charge in [0.05, 0.1) is 12.7 Å². The molecule has 0 aromatic heterocycles. The third-order valence-electron chi connectivity index (χ3n) is 2.19. The highest BCUT2D eigenvalue weighted by Gasteiger charge is 2.11. The van der Waals surface area contributed by atoms with E-state index in [-0.39, 0.29) is 12.6 Å². The molecule has 0 bridgehead atoms. The number of hydrogen-bond donors (Lipinski definition) is 3. The lowest BCUT2D eigenvalue weighted by atomic mass is 10.0. The number of aliphatic hydroxyl groups is 2. The van der Waals surface area contributed by atoms with Crippen LogP contribution in [0, 0.1) is 6.92 Å². The summed E-state index contributed by atoms with van der Waals surface area (Å²) in [4.78, 5) is 0. The van der Waals surface area contributed by atoms with Gasteiger partial charge in [-0.25, -0.2) is 0 Å². The summed E-state index contributed by atoms with van der Waals surface area (Å²) in [5.74, 6) is 0. The molecule has 1 aromatic rings. The molecule has 0 spiro atoms. The summed E-state index contributed by atoms with van der Waals surface area (Å²) in [6.45, 7) is 1.88. The van der Waals surface area contributed by atoms with E-state index in [1.165, 1.54) is 0 Å². The predicted octanol–water partition coefficient (Wildman–Crippen LogP) is 0.738. The van der Waals surface area contributed by atoms with Gasteiger partial charge in [0.15, 0.2) is 0 Å². The van der Waals surface area contributed by atoms with Crippen molar-refractivity contribution in [1.82, 2.24) is 0 Å². The number of nitrogens with two attached hydrogens (primary N) is 1. The molecule has 0 amide bonds. The first-order valence-electron chi connectivity index (χ1n) is 4.74. The molecule has 14 heavy (non-hydrogen) atoms. The van der Waals surface area contributed by atoms with Crippen LogP contribution in [0.4, 0.5) is 0 Å². The Hall–Kier alpha value is -0.900. The largest absolute Gasteiger partial charge is 0.395 e. The van der Waals surface area contributed by atoms with Crippen LogP contribution in [0.3, 0.4) is 0 Å². The highest BCUT2D eigenvalue weighted by Crippen LogP contribution is 2.18. The van der Waals surface area contributed by atoms with E-state index >= 15 is 0 Å². The zero-order valence-corrected chi connectivity index (χ0v) is 8.35. The third-order valence-corrected chi connectivity index (χ3v) is 2.19. The standard InChI is InChI=1S/C11H17NO2/c1-8-3-2-4-9(5-8)11(14)6-10(12)7-13/h2-5,10-11,13-14H,6-7,12H2,1H3/t10-,11+/m0/s1. The Labute approximate surface area is 84.2 Å². The Kier molecular flexibility index (Phi) is 4.07. The van der Waals surface area contributed by atoms with Crippen LogP contribution >= 0.6 is 0 Å². The lowest BCUT2D eigenvalue weighted by Gasteiger charge is -2.15. The summed E-state index contributed by atoms with van der Waals surface area (Å²) in [7, 11) is 0. The van der Waals surface area contributed by atoms with Crippen molar-refractivity contribution in [1.29, 1.82) is 0 Å². The molecule has 0 unspecified atom stereocenters. The molecule has 0 fully saturated rings.